The topological polar surface area (TPSA) is 57.7 Å². The highest BCUT2D eigenvalue weighted by molar-refractivity contribution is 8.14. The van der Waals surface area contributed by atoms with Gasteiger partial charge in [-0.3, -0.25) is 19.3 Å². The SMILES string of the molecule is CCN(C(=O)c1cccc(CN2C(=O)CSC2=O)c1)c1cccc2ccccc12. The lowest BCUT2D eigenvalue weighted by Gasteiger charge is -2.23. The van der Waals surface area contributed by atoms with Crippen LogP contribution in [0.4, 0.5) is 10.5 Å². The number of hydrogen-bond donors (Lipinski definition) is 0. The molecule has 1 saturated heterocycles. The first kappa shape index (κ1) is 19.2. The Morgan fingerprint density at radius 2 is 1.79 bits per heavy atom. The lowest BCUT2D eigenvalue weighted by Crippen LogP contribution is -2.31. The van der Waals surface area contributed by atoms with E-state index in [9.17, 15) is 14.4 Å². The monoisotopic (exact) mass is 404 g/mol. The number of benzene rings is 3. The van der Waals surface area contributed by atoms with Crippen molar-refractivity contribution < 1.29 is 14.4 Å². The van der Waals surface area contributed by atoms with Crippen LogP contribution in [-0.4, -0.2) is 34.3 Å². The van der Waals surface area contributed by atoms with Crippen molar-refractivity contribution >= 4 is 45.3 Å². The predicted molar refractivity (Wildman–Crippen MR) is 116 cm³/mol. The number of imide groups is 1. The number of nitrogens with zero attached hydrogens (tertiary/aromatic N) is 2. The van der Waals surface area contributed by atoms with Gasteiger partial charge in [-0.05, 0) is 36.1 Å². The van der Waals surface area contributed by atoms with Crippen molar-refractivity contribution in [1.29, 1.82) is 0 Å². The molecule has 1 fully saturated rings. The van der Waals surface area contributed by atoms with E-state index in [1.807, 2.05) is 55.5 Å². The zero-order valence-electron chi connectivity index (χ0n) is 16.0. The fourth-order valence-electron chi connectivity index (χ4n) is 3.54. The Morgan fingerprint density at radius 3 is 2.55 bits per heavy atom. The molecule has 0 N–H and O–H groups in total. The minimum absolute atomic E-state index is 0.112. The van der Waals surface area contributed by atoms with Gasteiger partial charge in [0.25, 0.3) is 11.1 Å². The standard InChI is InChI=1S/C23H20N2O3S/c1-2-24(20-12-6-9-17-8-3-4-11-19(17)20)22(27)18-10-5-7-16(13-18)14-25-21(26)15-29-23(25)28/h3-13H,2,14-15H2,1H3. The molecule has 0 radical (unpaired) electrons. The zero-order chi connectivity index (χ0) is 20.4. The molecule has 0 aromatic heterocycles. The molecule has 0 bridgehead atoms. The largest absolute Gasteiger partial charge is 0.308 e. The summed E-state index contributed by atoms with van der Waals surface area (Å²) in [6, 6.07) is 21.1. The molecule has 6 heteroatoms. The molecule has 0 unspecified atom stereocenters. The first-order valence-electron chi connectivity index (χ1n) is 9.44. The van der Waals surface area contributed by atoms with Crippen molar-refractivity contribution in [1.82, 2.24) is 4.90 Å². The van der Waals surface area contributed by atoms with Gasteiger partial charge >= 0.3 is 0 Å². The van der Waals surface area contributed by atoms with Gasteiger partial charge in [0.1, 0.15) is 0 Å². The molecule has 0 spiro atoms. The first-order chi connectivity index (χ1) is 14.1. The van der Waals surface area contributed by atoms with Gasteiger partial charge in [0.2, 0.25) is 5.91 Å². The van der Waals surface area contributed by atoms with Crippen LogP contribution in [0.1, 0.15) is 22.8 Å². The molecule has 5 nitrogen and oxygen atoms in total. The van der Waals surface area contributed by atoms with E-state index < -0.39 is 0 Å². The Balaban J connectivity index is 1.64. The highest BCUT2D eigenvalue weighted by atomic mass is 32.2. The minimum Gasteiger partial charge on any atom is -0.308 e. The van der Waals surface area contributed by atoms with E-state index >= 15 is 0 Å². The molecule has 3 aromatic carbocycles. The first-order valence-corrected chi connectivity index (χ1v) is 10.4. The summed E-state index contributed by atoms with van der Waals surface area (Å²) >= 11 is 1.01. The smallest absolute Gasteiger partial charge is 0.289 e. The van der Waals surface area contributed by atoms with E-state index in [1.165, 1.54) is 4.90 Å². The van der Waals surface area contributed by atoms with Crippen LogP contribution >= 0.6 is 11.8 Å². The molecular formula is C23H20N2O3S. The molecule has 0 saturated carbocycles. The molecule has 29 heavy (non-hydrogen) atoms. The van der Waals surface area contributed by atoms with E-state index in [-0.39, 0.29) is 29.4 Å². The lowest BCUT2D eigenvalue weighted by atomic mass is 10.1. The van der Waals surface area contributed by atoms with E-state index in [1.54, 1.807) is 23.1 Å². The summed E-state index contributed by atoms with van der Waals surface area (Å²) in [6.07, 6.45) is 0. The maximum absolute atomic E-state index is 13.3. The zero-order valence-corrected chi connectivity index (χ0v) is 16.8. The molecule has 0 aliphatic carbocycles. The van der Waals surface area contributed by atoms with Crippen molar-refractivity contribution in [3.8, 4) is 0 Å². The van der Waals surface area contributed by atoms with Gasteiger partial charge in [-0.15, -0.1) is 0 Å². The number of carbonyl (C=O) groups is 3. The molecule has 1 heterocycles. The van der Waals surface area contributed by atoms with Crippen molar-refractivity contribution in [2.75, 3.05) is 17.2 Å². The maximum atomic E-state index is 13.3. The summed E-state index contributed by atoms with van der Waals surface area (Å²) in [5, 5.41) is 1.86. The molecule has 3 amide bonds. The normalized spacial score (nSPS) is 13.9. The molecule has 0 atom stereocenters. The molecule has 1 aliphatic heterocycles. The van der Waals surface area contributed by atoms with Crippen LogP contribution in [0, 0.1) is 0 Å². The van der Waals surface area contributed by atoms with Crippen molar-refractivity contribution in [2.45, 2.75) is 13.5 Å². The minimum atomic E-state index is -0.238. The molecular weight excluding hydrogens is 384 g/mol. The second-order valence-electron chi connectivity index (χ2n) is 6.78. The second-order valence-corrected chi connectivity index (χ2v) is 7.71. The van der Waals surface area contributed by atoms with E-state index in [4.69, 9.17) is 0 Å². The van der Waals surface area contributed by atoms with E-state index in [2.05, 4.69) is 0 Å². The number of carbonyl (C=O) groups excluding carboxylic acids is 3. The summed E-state index contributed by atoms with van der Waals surface area (Å²) in [5.74, 6) is -0.121. The van der Waals surface area contributed by atoms with Gasteiger partial charge in [0.05, 0.1) is 18.0 Å². The molecule has 146 valence electrons. The summed E-state index contributed by atoms with van der Waals surface area (Å²) in [4.78, 5) is 40.0. The number of amides is 3. The molecule has 1 aliphatic rings. The Hall–Kier alpha value is -3.12. The third-order valence-corrected chi connectivity index (χ3v) is 5.83. The number of rotatable bonds is 5. The molecule has 4 rings (SSSR count). The Bertz CT molecular complexity index is 1090. The third kappa shape index (κ3) is 3.76. The Morgan fingerprint density at radius 1 is 1.03 bits per heavy atom. The second kappa shape index (κ2) is 8.09. The highest BCUT2D eigenvalue weighted by Gasteiger charge is 2.30. The van der Waals surface area contributed by atoms with E-state index in [0.717, 1.165) is 33.8 Å². The third-order valence-electron chi connectivity index (χ3n) is 4.97. The van der Waals surface area contributed by atoms with Crippen LogP contribution in [0.2, 0.25) is 0 Å². The van der Waals surface area contributed by atoms with Crippen molar-refractivity contribution in [3.63, 3.8) is 0 Å². The van der Waals surface area contributed by atoms with Crippen LogP contribution in [0.15, 0.2) is 66.7 Å². The van der Waals surface area contributed by atoms with Crippen LogP contribution in [0.5, 0.6) is 0 Å². The van der Waals surface area contributed by atoms with Gasteiger partial charge in [-0.25, -0.2) is 0 Å². The number of anilines is 1. The fraction of sp³-hybridized carbons (Fsp3) is 0.174. The predicted octanol–water partition coefficient (Wildman–Crippen LogP) is 4.70. The van der Waals surface area contributed by atoms with Crippen LogP contribution in [0.25, 0.3) is 10.8 Å². The maximum Gasteiger partial charge on any atom is 0.289 e. The van der Waals surface area contributed by atoms with E-state index in [0.29, 0.717) is 12.1 Å². The highest BCUT2D eigenvalue weighted by Crippen LogP contribution is 2.28. The Labute approximate surface area is 173 Å². The van der Waals surface area contributed by atoms with Gasteiger partial charge in [0, 0.05) is 17.5 Å². The van der Waals surface area contributed by atoms with Crippen molar-refractivity contribution in [3.05, 3.63) is 77.9 Å². The summed E-state index contributed by atoms with van der Waals surface area (Å²) in [7, 11) is 0. The molecule has 3 aromatic rings. The summed E-state index contributed by atoms with van der Waals surface area (Å²) in [6.45, 7) is 2.66. The van der Waals surface area contributed by atoms with Crippen LogP contribution in [-0.2, 0) is 11.3 Å². The van der Waals surface area contributed by atoms with Gasteiger partial charge < -0.3 is 4.90 Å². The van der Waals surface area contributed by atoms with Gasteiger partial charge in [-0.1, -0.05) is 60.3 Å². The summed E-state index contributed by atoms with van der Waals surface area (Å²) in [5.41, 5.74) is 2.15. The number of hydrogen-bond acceptors (Lipinski definition) is 4. The fourth-order valence-corrected chi connectivity index (χ4v) is 4.27. The number of thioether (sulfide) groups is 1. The number of fused-ring (bicyclic) bond motifs is 1. The van der Waals surface area contributed by atoms with Gasteiger partial charge in [-0.2, -0.15) is 0 Å². The van der Waals surface area contributed by atoms with Crippen molar-refractivity contribution in [2.24, 2.45) is 0 Å². The van der Waals surface area contributed by atoms with Gasteiger partial charge in [0.15, 0.2) is 0 Å². The lowest BCUT2D eigenvalue weighted by molar-refractivity contribution is -0.125. The average molecular weight is 404 g/mol. The van der Waals surface area contributed by atoms with Crippen LogP contribution < -0.4 is 4.90 Å². The summed E-state index contributed by atoms with van der Waals surface area (Å²) < 4.78 is 0. The van der Waals surface area contributed by atoms with Crippen LogP contribution in [0.3, 0.4) is 0 Å². The average Bonchev–Trinajstić information content (AvgIpc) is 3.06. The quantitative estimate of drug-likeness (QED) is 0.618. The Kier molecular flexibility index (Phi) is 5.36.